The number of halogens is 3. The molecule has 0 aromatic heterocycles. The molecular formula is C35H40F3N3O5. The third-order valence-electron chi connectivity index (χ3n) is 9.04. The number of benzene rings is 3. The summed E-state index contributed by atoms with van der Waals surface area (Å²) in [5.74, 6) is -2.68. The molecule has 2 heterocycles. The number of hydrogen-bond acceptors (Lipinski definition) is 6. The molecule has 0 spiro atoms. The standard InChI is InChI=1S/C35H40F3N3O5/c1-22-30(20-40(3)23(2)25-8-5-4-6-9-25)45-33(46-31(22)26-13-11-24(21-42)12-14-26)27-15-17-28(18-16-27)39-32(43)29-10-7-19-41(29)34(44)35(36,37)38/h4-6,8-9,11-18,22-23,29-31,33,42H,7,10,19-21H2,1-3H3,(H,39,43). The van der Waals surface area contributed by atoms with E-state index in [1.54, 1.807) is 24.3 Å². The highest BCUT2D eigenvalue weighted by Gasteiger charge is 2.47. The Hall–Kier alpha value is -3.77. The molecule has 3 aromatic carbocycles. The van der Waals surface area contributed by atoms with Crippen LogP contribution in [0.15, 0.2) is 78.9 Å². The van der Waals surface area contributed by atoms with Gasteiger partial charge in [-0.05, 0) is 55.6 Å². The molecule has 46 heavy (non-hydrogen) atoms. The molecule has 6 unspecified atom stereocenters. The molecule has 6 atom stereocenters. The molecule has 8 nitrogen and oxygen atoms in total. The Kier molecular flexibility index (Phi) is 10.5. The number of aliphatic hydroxyl groups is 1. The van der Waals surface area contributed by atoms with Crippen molar-refractivity contribution in [3.63, 3.8) is 0 Å². The summed E-state index contributed by atoms with van der Waals surface area (Å²) < 4.78 is 52.2. The molecule has 246 valence electrons. The van der Waals surface area contributed by atoms with E-state index in [2.05, 4.69) is 43.2 Å². The smallest absolute Gasteiger partial charge is 0.392 e. The zero-order valence-electron chi connectivity index (χ0n) is 26.1. The molecule has 2 fully saturated rings. The number of alkyl halides is 3. The predicted molar refractivity (Wildman–Crippen MR) is 166 cm³/mol. The number of ether oxygens (including phenoxy) is 2. The Morgan fingerprint density at radius 3 is 2.28 bits per heavy atom. The Morgan fingerprint density at radius 2 is 1.65 bits per heavy atom. The van der Waals surface area contributed by atoms with Gasteiger partial charge >= 0.3 is 12.1 Å². The largest absolute Gasteiger partial charge is 0.471 e. The van der Waals surface area contributed by atoms with Crippen LogP contribution < -0.4 is 5.32 Å². The van der Waals surface area contributed by atoms with Crippen molar-refractivity contribution in [2.45, 2.75) is 70.1 Å². The molecule has 2 amide bonds. The summed E-state index contributed by atoms with van der Waals surface area (Å²) >= 11 is 0. The number of likely N-dealkylation sites (tertiary alicyclic amines) is 1. The average Bonchev–Trinajstić information content (AvgIpc) is 3.55. The van der Waals surface area contributed by atoms with E-state index in [0.717, 1.165) is 11.1 Å². The first kappa shape index (κ1) is 33.6. The van der Waals surface area contributed by atoms with E-state index in [1.165, 1.54) is 5.56 Å². The van der Waals surface area contributed by atoms with Crippen LogP contribution in [-0.4, -0.2) is 65.2 Å². The van der Waals surface area contributed by atoms with E-state index in [9.17, 15) is 27.9 Å². The summed E-state index contributed by atoms with van der Waals surface area (Å²) in [7, 11) is 2.06. The number of nitrogens with one attached hydrogen (secondary N) is 1. The van der Waals surface area contributed by atoms with Gasteiger partial charge in [0.25, 0.3) is 0 Å². The molecule has 0 radical (unpaired) electrons. The summed E-state index contributed by atoms with van der Waals surface area (Å²) in [6.45, 7) is 4.71. The molecule has 2 aliphatic rings. The van der Waals surface area contributed by atoms with Crippen molar-refractivity contribution in [2.24, 2.45) is 5.92 Å². The number of aliphatic hydroxyl groups excluding tert-OH is 1. The number of carbonyl (C=O) groups excluding carboxylic acids is 2. The van der Waals surface area contributed by atoms with Crippen LogP contribution in [0.4, 0.5) is 18.9 Å². The normalized spacial score (nSPS) is 24.2. The zero-order chi connectivity index (χ0) is 33.0. The first-order valence-electron chi connectivity index (χ1n) is 15.5. The van der Waals surface area contributed by atoms with Gasteiger partial charge in [0.2, 0.25) is 5.91 Å². The highest BCUT2D eigenvalue weighted by Crippen LogP contribution is 2.42. The maximum Gasteiger partial charge on any atom is 0.471 e. The van der Waals surface area contributed by atoms with E-state index in [4.69, 9.17) is 9.47 Å². The maximum atomic E-state index is 13.0. The summed E-state index contributed by atoms with van der Waals surface area (Å²) in [6.07, 6.45) is -5.81. The molecule has 0 aliphatic carbocycles. The van der Waals surface area contributed by atoms with Crippen molar-refractivity contribution in [3.8, 4) is 0 Å². The lowest BCUT2D eigenvalue weighted by Crippen LogP contribution is -2.48. The van der Waals surface area contributed by atoms with Crippen LogP contribution in [-0.2, 0) is 25.7 Å². The third kappa shape index (κ3) is 7.60. The van der Waals surface area contributed by atoms with Gasteiger partial charge in [-0.3, -0.25) is 14.5 Å². The van der Waals surface area contributed by atoms with Crippen LogP contribution >= 0.6 is 0 Å². The minimum atomic E-state index is -5.03. The maximum absolute atomic E-state index is 13.0. The summed E-state index contributed by atoms with van der Waals surface area (Å²) in [5, 5.41) is 12.2. The monoisotopic (exact) mass is 639 g/mol. The number of hydrogen-bond donors (Lipinski definition) is 2. The lowest BCUT2D eigenvalue weighted by Gasteiger charge is -2.43. The number of carbonyl (C=O) groups is 2. The second-order valence-electron chi connectivity index (χ2n) is 12.1. The third-order valence-corrected chi connectivity index (χ3v) is 9.04. The quantitative estimate of drug-likeness (QED) is 0.292. The highest BCUT2D eigenvalue weighted by molar-refractivity contribution is 5.98. The van der Waals surface area contributed by atoms with Crippen LogP contribution in [0.3, 0.4) is 0 Å². The topological polar surface area (TPSA) is 91.3 Å². The molecular weight excluding hydrogens is 599 g/mol. The fourth-order valence-corrected chi connectivity index (χ4v) is 6.15. The highest BCUT2D eigenvalue weighted by atomic mass is 19.4. The van der Waals surface area contributed by atoms with E-state index < -0.39 is 30.3 Å². The Balaban J connectivity index is 1.32. The number of likely N-dealkylation sites (N-methyl/N-ethyl adjacent to an activating group) is 1. The fraction of sp³-hybridized carbons (Fsp3) is 0.429. The SMILES string of the molecule is CC1C(CN(C)C(C)c2ccccc2)OC(c2ccc(NC(=O)C3CCCN3C(=O)C(F)(F)F)cc2)OC1c1ccc(CO)cc1. The van der Waals surface area contributed by atoms with Crippen LogP contribution in [0.1, 0.15) is 67.4 Å². The molecule has 11 heteroatoms. The molecule has 0 saturated carbocycles. The number of amides is 2. The van der Waals surface area contributed by atoms with Crippen LogP contribution in [0.5, 0.6) is 0 Å². The molecule has 3 aromatic rings. The molecule has 0 bridgehead atoms. The van der Waals surface area contributed by atoms with Gasteiger partial charge in [0.05, 0.1) is 18.8 Å². The summed E-state index contributed by atoms with van der Waals surface area (Å²) in [5.41, 5.74) is 4.04. The van der Waals surface area contributed by atoms with Crippen molar-refractivity contribution >= 4 is 17.5 Å². The second kappa shape index (κ2) is 14.3. The number of nitrogens with zero attached hydrogens (tertiary/aromatic N) is 2. The van der Waals surface area contributed by atoms with Gasteiger partial charge in [-0.1, -0.05) is 73.7 Å². The van der Waals surface area contributed by atoms with E-state index in [-0.39, 0.29) is 43.7 Å². The summed E-state index contributed by atoms with van der Waals surface area (Å²) in [6, 6.07) is 23.6. The Morgan fingerprint density at radius 1 is 1.00 bits per heavy atom. The lowest BCUT2D eigenvalue weighted by atomic mass is 9.89. The minimum Gasteiger partial charge on any atom is -0.392 e. The predicted octanol–water partition coefficient (Wildman–Crippen LogP) is 6.16. The van der Waals surface area contributed by atoms with Gasteiger partial charge < -0.3 is 24.8 Å². The van der Waals surface area contributed by atoms with Crippen LogP contribution in [0.25, 0.3) is 0 Å². The lowest BCUT2D eigenvalue weighted by molar-refractivity contribution is -0.276. The van der Waals surface area contributed by atoms with Gasteiger partial charge in [0.1, 0.15) is 6.04 Å². The van der Waals surface area contributed by atoms with Gasteiger partial charge in [-0.15, -0.1) is 0 Å². The number of rotatable bonds is 9. The average molecular weight is 640 g/mol. The number of anilines is 1. The first-order valence-corrected chi connectivity index (χ1v) is 15.5. The van der Waals surface area contributed by atoms with Crippen molar-refractivity contribution in [2.75, 3.05) is 25.5 Å². The Labute approximate surface area is 267 Å². The van der Waals surface area contributed by atoms with Crippen LogP contribution in [0.2, 0.25) is 0 Å². The van der Waals surface area contributed by atoms with E-state index in [0.29, 0.717) is 29.1 Å². The van der Waals surface area contributed by atoms with Gasteiger partial charge in [0.15, 0.2) is 6.29 Å². The van der Waals surface area contributed by atoms with Gasteiger partial charge in [0, 0.05) is 36.3 Å². The molecule has 5 rings (SSSR count). The molecule has 2 saturated heterocycles. The zero-order valence-corrected chi connectivity index (χ0v) is 26.1. The van der Waals surface area contributed by atoms with Crippen molar-refractivity contribution in [1.29, 1.82) is 0 Å². The van der Waals surface area contributed by atoms with E-state index >= 15 is 0 Å². The molecule has 2 N–H and O–H groups in total. The minimum absolute atomic E-state index is 0.0195. The first-order chi connectivity index (χ1) is 22.0. The van der Waals surface area contributed by atoms with Crippen molar-refractivity contribution < 1.29 is 37.3 Å². The summed E-state index contributed by atoms with van der Waals surface area (Å²) in [4.78, 5) is 27.5. The van der Waals surface area contributed by atoms with Crippen molar-refractivity contribution in [1.82, 2.24) is 9.80 Å². The Bertz CT molecular complexity index is 1470. The van der Waals surface area contributed by atoms with Gasteiger partial charge in [-0.25, -0.2) is 0 Å². The van der Waals surface area contributed by atoms with Crippen molar-refractivity contribution in [3.05, 3.63) is 101 Å². The second-order valence-corrected chi connectivity index (χ2v) is 12.1. The molecule has 2 aliphatic heterocycles. The van der Waals surface area contributed by atoms with Crippen LogP contribution in [0, 0.1) is 5.92 Å². The fourth-order valence-electron chi connectivity index (χ4n) is 6.15. The van der Waals surface area contributed by atoms with Gasteiger partial charge in [-0.2, -0.15) is 13.2 Å². The van der Waals surface area contributed by atoms with E-state index in [1.807, 2.05) is 42.5 Å².